The van der Waals surface area contributed by atoms with Gasteiger partial charge in [-0.15, -0.1) is 0 Å². The number of carbonyl (C=O) groups is 1. The van der Waals surface area contributed by atoms with Crippen LogP contribution in [0.3, 0.4) is 0 Å². The van der Waals surface area contributed by atoms with Crippen molar-refractivity contribution in [3.8, 4) is 11.3 Å². The monoisotopic (exact) mass is 334 g/mol. The molecule has 0 radical (unpaired) electrons. The molecule has 128 valence electrons. The Morgan fingerprint density at radius 1 is 1.12 bits per heavy atom. The van der Waals surface area contributed by atoms with Crippen LogP contribution in [0.5, 0.6) is 0 Å². The summed E-state index contributed by atoms with van der Waals surface area (Å²) in [5.74, 6) is 0.672. The second-order valence-corrected chi connectivity index (χ2v) is 6.17. The summed E-state index contributed by atoms with van der Waals surface area (Å²) in [6, 6.07) is 19.8. The molecule has 3 rings (SSSR count). The first kappa shape index (κ1) is 17.0. The van der Waals surface area contributed by atoms with Gasteiger partial charge >= 0.3 is 0 Å². The average molecular weight is 334 g/mol. The molecule has 3 aromatic rings. The van der Waals surface area contributed by atoms with Crippen molar-refractivity contribution in [1.29, 1.82) is 0 Å². The van der Waals surface area contributed by atoms with Gasteiger partial charge in [0.1, 0.15) is 0 Å². The number of aryl methyl sites for hydroxylation is 1. The number of hydrogen-bond donors (Lipinski definition) is 1. The topological polar surface area (TPSA) is 55.1 Å². The average Bonchev–Trinajstić information content (AvgIpc) is 3.14. The van der Waals surface area contributed by atoms with Crippen LogP contribution in [0.15, 0.2) is 65.2 Å². The van der Waals surface area contributed by atoms with Gasteiger partial charge in [-0.2, -0.15) is 0 Å². The van der Waals surface area contributed by atoms with Crippen molar-refractivity contribution in [1.82, 2.24) is 10.5 Å². The molecule has 2 aromatic carbocycles. The lowest BCUT2D eigenvalue weighted by atomic mass is 9.96. The van der Waals surface area contributed by atoms with E-state index in [9.17, 15) is 4.79 Å². The van der Waals surface area contributed by atoms with Crippen molar-refractivity contribution in [2.45, 2.75) is 26.2 Å². The molecule has 0 bridgehead atoms. The van der Waals surface area contributed by atoms with Crippen LogP contribution in [0.4, 0.5) is 0 Å². The van der Waals surface area contributed by atoms with Crippen molar-refractivity contribution in [3.05, 3.63) is 77.5 Å². The standard InChI is InChI=1S/C21H22N2O2/c1-3-16(17-7-5-4-6-8-17)14-22-21(24)19-13-20(25-23-19)18-11-9-15(2)10-12-18/h4-13,16H,3,14H2,1-2H3,(H,22,24)/t16-/m0/s1. The number of nitrogens with zero attached hydrogens (tertiary/aromatic N) is 1. The van der Waals surface area contributed by atoms with Crippen LogP contribution >= 0.6 is 0 Å². The van der Waals surface area contributed by atoms with Crippen LogP contribution in [0.1, 0.15) is 40.9 Å². The van der Waals surface area contributed by atoms with Crippen LogP contribution in [0.2, 0.25) is 0 Å². The van der Waals surface area contributed by atoms with Crippen LogP contribution in [0, 0.1) is 6.92 Å². The van der Waals surface area contributed by atoms with Gasteiger partial charge in [-0.05, 0) is 18.9 Å². The van der Waals surface area contributed by atoms with E-state index in [2.05, 4.69) is 29.5 Å². The number of rotatable bonds is 6. The van der Waals surface area contributed by atoms with Gasteiger partial charge in [0.15, 0.2) is 11.5 Å². The van der Waals surface area contributed by atoms with Crippen LogP contribution in [0.25, 0.3) is 11.3 Å². The highest BCUT2D eigenvalue weighted by atomic mass is 16.5. The number of amides is 1. The SMILES string of the molecule is CC[C@@H](CNC(=O)c1cc(-c2ccc(C)cc2)on1)c1ccccc1. The smallest absolute Gasteiger partial charge is 0.273 e. The van der Waals surface area contributed by atoms with Gasteiger partial charge in [0.25, 0.3) is 5.91 Å². The number of benzene rings is 2. The largest absolute Gasteiger partial charge is 0.355 e. The quantitative estimate of drug-likeness (QED) is 0.718. The molecule has 1 aromatic heterocycles. The summed E-state index contributed by atoms with van der Waals surface area (Å²) in [4.78, 5) is 12.4. The molecule has 0 aliphatic carbocycles. The minimum Gasteiger partial charge on any atom is -0.355 e. The molecule has 1 N–H and O–H groups in total. The Bertz CT molecular complexity index is 823. The van der Waals surface area contributed by atoms with E-state index in [1.165, 1.54) is 11.1 Å². The fraction of sp³-hybridized carbons (Fsp3) is 0.238. The second-order valence-electron chi connectivity index (χ2n) is 6.17. The Labute approximate surface area is 147 Å². The predicted octanol–water partition coefficient (Wildman–Crippen LogP) is 4.57. The minimum absolute atomic E-state index is 0.212. The first-order chi connectivity index (χ1) is 12.2. The molecule has 0 aliphatic rings. The maximum absolute atomic E-state index is 12.4. The number of hydrogen-bond acceptors (Lipinski definition) is 3. The molecule has 0 saturated carbocycles. The zero-order valence-electron chi connectivity index (χ0n) is 14.5. The van der Waals surface area contributed by atoms with Gasteiger partial charge in [-0.3, -0.25) is 4.79 Å². The van der Waals surface area contributed by atoms with Crippen LogP contribution in [-0.2, 0) is 0 Å². The molecule has 25 heavy (non-hydrogen) atoms. The normalized spacial score (nSPS) is 11.9. The van der Waals surface area contributed by atoms with Crippen LogP contribution < -0.4 is 5.32 Å². The van der Waals surface area contributed by atoms with E-state index in [1.54, 1.807) is 6.07 Å². The van der Waals surface area contributed by atoms with Crippen molar-refractivity contribution < 1.29 is 9.32 Å². The highest BCUT2D eigenvalue weighted by Crippen LogP contribution is 2.21. The second kappa shape index (κ2) is 7.79. The first-order valence-corrected chi connectivity index (χ1v) is 8.54. The molecule has 0 fully saturated rings. The van der Waals surface area contributed by atoms with Crippen molar-refractivity contribution in [2.75, 3.05) is 6.54 Å². The Kier molecular flexibility index (Phi) is 5.29. The van der Waals surface area contributed by atoms with Crippen molar-refractivity contribution in [2.24, 2.45) is 0 Å². The van der Waals surface area contributed by atoms with Gasteiger partial charge in [0.05, 0.1) is 0 Å². The van der Waals surface area contributed by atoms with E-state index in [4.69, 9.17) is 4.52 Å². The van der Waals surface area contributed by atoms with Crippen molar-refractivity contribution >= 4 is 5.91 Å². The van der Waals surface area contributed by atoms with Gasteiger partial charge in [-0.1, -0.05) is 72.2 Å². The van der Waals surface area contributed by atoms with Gasteiger partial charge in [-0.25, -0.2) is 0 Å². The molecular weight excluding hydrogens is 312 g/mol. The third-order valence-corrected chi connectivity index (χ3v) is 4.35. The van der Waals surface area contributed by atoms with E-state index >= 15 is 0 Å². The highest BCUT2D eigenvalue weighted by molar-refractivity contribution is 5.93. The summed E-state index contributed by atoms with van der Waals surface area (Å²) in [6.45, 7) is 4.72. The predicted molar refractivity (Wildman–Crippen MR) is 98.5 cm³/mol. The van der Waals surface area contributed by atoms with E-state index in [0.717, 1.165) is 12.0 Å². The lowest BCUT2D eigenvalue weighted by Crippen LogP contribution is -2.28. The lowest BCUT2D eigenvalue weighted by Gasteiger charge is -2.15. The zero-order chi connectivity index (χ0) is 17.6. The molecule has 0 aliphatic heterocycles. The van der Waals surface area contributed by atoms with E-state index in [1.807, 2.05) is 49.4 Å². The van der Waals surface area contributed by atoms with Gasteiger partial charge in [0, 0.05) is 24.1 Å². The summed E-state index contributed by atoms with van der Waals surface area (Å²) in [6.07, 6.45) is 0.956. The molecule has 0 unspecified atom stereocenters. The van der Waals surface area contributed by atoms with Crippen LogP contribution in [-0.4, -0.2) is 17.6 Å². The lowest BCUT2D eigenvalue weighted by molar-refractivity contribution is 0.0942. The van der Waals surface area contributed by atoms with E-state index in [-0.39, 0.29) is 11.8 Å². The van der Waals surface area contributed by atoms with Gasteiger partial charge < -0.3 is 9.84 Å². The first-order valence-electron chi connectivity index (χ1n) is 8.54. The summed E-state index contributed by atoms with van der Waals surface area (Å²) in [7, 11) is 0. The molecule has 1 heterocycles. The Morgan fingerprint density at radius 3 is 2.52 bits per heavy atom. The number of carbonyl (C=O) groups excluding carboxylic acids is 1. The van der Waals surface area contributed by atoms with Crippen molar-refractivity contribution in [3.63, 3.8) is 0 Å². The Morgan fingerprint density at radius 2 is 1.84 bits per heavy atom. The Hall–Kier alpha value is -2.88. The fourth-order valence-corrected chi connectivity index (χ4v) is 2.77. The summed E-state index contributed by atoms with van der Waals surface area (Å²) < 4.78 is 5.32. The molecule has 4 heteroatoms. The number of aromatic nitrogens is 1. The maximum Gasteiger partial charge on any atom is 0.273 e. The molecular formula is C21H22N2O2. The number of nitrogens with one attached hydrogen (secondary N) is 1. The third-order valence-electron chi connectivity index (χ3n) is 4.35. The van der Waals surface area contributed by atoms with E-state index in [0.29, 0.717) is 18.0 Å². The molecule has 1 amide bonds. The van der Waals surface area contributed by atoms with E-state index < -0.39 is 0 Å². The highest BCUT2D eigenvalue weighted by Gasteiger charge is 2.16. The Balaban J connectivity index is 1.64. The third kappa shape index (κ3) is 4.15. The molecule has 0 saturated heterocycles. The maximum atomic E-state index is 12.4. The summed E-state index contributed by atoms with van der Waals surface area (Å²) in [5.41, 5.74) is 3.62. The molecule has 4 nitrogen and oxygen atoms in total. The zero-order valence-corrected chi connectivity index (χ0v) is 14.5. The summed E-state index contributed by atoms with van der Waals surface area (Å²) >= 11 is 0. The fourth-order valence-electron chi connectivity index (χ4n) is 2.77. The molecule has 0 spiro atoms. The van der Waals surface area contributed by atoms with Gasteiger partial charge in [0.2, 0.25) is 0 Å². The molecule has 1 atom stereocenters. The summed E-state index contributed by atoms with van der Waals surface area (Å²) in [5, 5.41) is 6.87. The minimum atomic E-state index is -0.212.